The molecule has 1 aromatic carbocycles. The van der Waals surface area contributed by atoms with Crippen molar-refractivity contribution in [3.63, 3.8) is 0 Å². The number of para-hydroxylation sites is 2. The summed E-state index contributed by atoms with van der Waals surface area (Å²) in [6, 6.07) is 5.15. The van der Waals surface area contributed by atoms with E-state index in [9.17, 15) is 32.3 Å². The Bertz CT molecular complexity index is 768. The first kappa shape index (κ1) is 21.0. The average Bonchev–Trinajstić information content (AvgIpc) is 2.77. The van der Waals surface area contributed by atoms with Crippen LogP contribution in [-0.4, -0.2) is 56.3 Å². The zero-order chi connectivity index (χ0) is 20.7. The summed E-state index contributed by atoms with van der Waals surface area (Å²) in [4.78, 5) is 47.8. The number of nitrogens with one attached hydrogen (secondary N) is 2. The number of halogens is 3. The Morgan fingerprint density at radius 3 is 2.64 bits per heavy atom. The van der Waals surface area contributed by atoms with Gasteiger partial charge < -0.3 is 14.8 Å². The Balaban J connectivity index is 1.84. The van der Waals surface area contributed by atoms with Crippen molar-refractivity contribution in [3.8, 4) is 5.75 Å². The summed E-state index contributed by atoms with van der Waals surface area (Å²) in [5.74, 6) is -2.06. The van der Waals surface area contributed by atoms with Gasteiger partial charge >= 0.3 is 18.2 Å². The summed E-state index contributed by atoms with van der Waals surface area (Å²) in [6.07, 6.45) is -4.60. The van der Waals surface area contributed by atoms with Crippen molar-refractivity contribution in [2.24, 2.45) is 0 Å². The van der Waals surface area contributed by atoms with Crippen LogP contribution in [0.5, 0.6) is 5.75 Å². The molecule has 152 valence electrons. The van der Waals surface area contributed by atoms with E-state index >= 15 is 0 Å². The molecule has 28 heavy (non-hydrogen) atoms. The number of urea groups is 1. The van der Waals surface area contributed by atoms with Gasteiger partial charge in [-0.1, -0.05) is 12.1 Å². The van der Waals surface area contributed by atoms with Crippen LogP contribution < -0.4 is 20.3 Å². The molecule has 1 aliphatic heterocycles. The van der Waals surface area contributed by atoms with Crippen LogP contribution in [0.15, 0.2) is 24.3 Å². The maximum atomic E-state index is 12.2. The fourth-order valence-corrected chi connectivity index (χ4v) is 2.20. The summed E-state index contributed by atoms with van der Waals surface area (Å²) in [5.41, 5.74) is 0.359. The summed E-state index contributed by atoms with van der Waals surface area (Å²) in [5, 5.41) is 3.01. The van der Waals surface area contributed by atoms with Gasteiger partial charge in [-0.3, -0.25) is 24.6 Å². The van der Waals surface area contributed by atoms with Gasteiger partial charge in [0.1, 0.15) is 18.8 Å². The van der Waals surface area contributed by atoms with Gasteiger partial charge in [-0.05, 0) is 12.1 Å². The van der Waals surface area contributed by atoms with E-state index in [1.54, 1.807) is 29.6 Å². The van der Waals surface area contributed by atoms with Crippen molar-refractivity contribution in [1.29, 1.82) is 0 Å². The number of carbonyl (C=O) groups is 4. The Labute approximate surface area is 156 Å². The molecule has 2 N–H and O–H groups in total. The monoisotopic (exact) mass is 403 g/mol. The summed E-state index contributed by atoms with van der Waals surface area (Å²) < 4.78 is 46.0. The number of nitrogens with zero attached hydrogens (tertiary/aromatic N) is 1. The first-order chi connectivity index (χ1) is 13.2. The van der Waals surface area contributed by atoms with E-state index in [1.807, 2.05) is 0 Å². The molecule has 1 aromatic rings. The lowest BCUT2D eigenvalue weighted by Crippen LogP contribution is -2.45. The molecule has 0 aliphatic carbocycles. The van der Waals surface area contributed by atoms with E-state index in [2.05, 4.69) is 4.74 Å². The lowest BCUT2D eigenvalue weighted by atomic mass is 10.2. The summed E-state index contributed by atoms with van der Waals surface area (Å²) >= 11 is 0. The Kier molecular flexibility index (Phi) is 6.79. The maximum absolute atomic E-state index is 12.2. The first-order valence-corrected chi connectivity index (χ1v) is 7.98. The number of alkyl halides is 3. The van der Waals surface area contributed by atoms with Crippen molar-refractivity contribution >= 4 is 29.5 Å². The van der Waals surface area contributed by atoms with E-state index in [0.29, 0.717) is 11.4 Å². The molecule has 4 amide bonds. The van der Waals surface area contributed by atoms with Gasteiger partial charge in [-0.2, -0.15) is 13.2 Å². The molecule has 0 bridgehead atoms. The molecule has 0 aromatic heterocycles. The second-order valence-corrected chi connectivity index (χ2v) is 5.55. The summed E-state index contributed by atoms with van der Waals surface area (Å²) in [6.45, 7) is -2.90. The van der Waals surface area contributed by atoms with Crippen LogP contribution >= 0.6 is 0 Å². The number of amides is 4. The number of esters is 1. The molecule has 0 saturated heterocycles. The number of carbonyl (C=O) groups excluding carboxylic acids is 4. The molecule has 2 rings (SSSR count). The topological polar surface area (TPSA) is 114 Å². The molecule has 0 saturated carbocycles. The lowest BCUT2D eigenvalue weighted by molar-refractivity contribution is -0.147. The third-order valence-corrected chi connectivity index (χ3v) is 3.38. The largest absolute Gasteiger partial charge is 0.491 e. The Morgan fingerprint density at radius 2 is 1.93 bits per heavy atom. The third-order valence-electron chi connectivity index (χ3n) is 3.38. The minimum absolute atomic E-state index is 0.0296. The quantitative estimate of drug-likeness (QED) is 0.701. The van der Waals surface area contributed by atoms with E-state index in [0.717, 1.165) is 4.90 Å². The van der Waals surface area contributed by atoms with Gasteiger partial charge in [0, 0.05) is 0 Å². The SMILES string of the molecule is O=C(COC(=O)CN1C(=O)CCOc2ccccc21)NC(=O)NCC(F)(F)F. The van der Waals surface area contributed by atoms with Gasteiger partial charge in [0.2, 0.25) is 5.91 Å². The van der Waals surface area contributed by atoms with Crippen LogP contribution in [0, 0.1) is 0 Å². The normalized spacial score (nSPS) is 13.7. The van der Waals surface area contributed by atoms with Crippen molar-refractivity contribution in [2.75, 3.05) is 31.2 Å². The fourth-order valence-electron chi connectivity index (χ4n) is 2.20. The second kappa shape index (κ2) is 9.06. The van der Waals surface area contributed by atoms with E-state index in [-0.39, 0.29) is 13.0 Å². The van der Waals surface area contributed by atoms with E-state index in [1.165, 1.54) is 5.32 Å². The van der Waals surface area contributed by atoms with Crippen molar-refractivity contribution in [2.45, 2.75) is 12.6 Å². The summed E-state index contributed by atoms with van der Waals surface area (Å²) in [7, 11) is 0. The van der Waals surface area contributed by atoms with Gasteiger partial charge in [-0.15, -0.1) is 0 Å². The highest BCUT2D eigenvalue weighted by Gasteiger charge is 2.28. The van der Waals surface area contributed by atoms with Crippen LogP contribution in [0.4, 0.5) is 23.7 Å². The minimum atomic E-state index is -4.63. The first-order valence-electron chi connectivity index (χ1n) is 7.98. The highest BCUT2D eigenvalue weighted by atomic mass is 19.4. The highest BCUT2D eigenvalue weighted by Crippen LogP contribution is 2.30. The predicted molar refractivity (Wildman–Crippen MR) is 87.5 cm³/mol. The molecule has 1 heterocycles. The van der Waals surface area contributed by atoms with Crippen molar-refractivity contribution in [1.82, 2.24) is 10.6 Å². The third kappa shape index (κ3) is 6.45. The molecule has 1 aliphatic rings. The number of imide groups is 1. The van der Waals surface area contributed by atoms with Crippen molar-refractivity contribution in [3.05, 3.63) is 24.3 Å². The minimum Gasteiger partial charge on any atom is -0.491 e. The number of benzene rings is 1. The zero-order valence-electron chi connectivity index (χ0n) is 14.4. The number of hydrogen-bond donors (Lipinski definition) is 2. The van der Waals surface area contributed by atoms with Gasteiger partial charge in [-0.25, -0.2) is 4.79 Å². The molecular weight excluding hydrogens is 387 g/mol. The molecular formula is C16H16F3N3O6. The van der Waals surface area contributed by atoms with E-state index < -0.39 is 49.7 Å². The number of fused-ring (bicyclic) bond motifs is 1. The van der Waals surface area contributed by atoms with E-state index in [4.69, 9.17) is 4.74 Å². The lowest BCUT2D eigenvalue weighted by Gasteiger charge is -2.20. The Morgan fingerprint density at radius 1 is 1.21 bits per heavy atom. The molecule has 12 heteroatoms. The smallest absolute Gasteiger partial charge is 0.405 e. The number of rotatable bonds is 5. The molecule has 0 spiro atoms. The predicted octanol–water partition coefficient (Wildman–Crippen LogP) is 0.733. The van der Waals surface area contributed by atoms with Gasteiger partial charge in [0.15, 0.2) is 6.61 Å². The molecule has 0 radical (unpaired) electrons. The van der Waals surface area contributed by atoms with Gasteiger partial charge in [0.05, 0.1) is 18.7 Å². The standard InChI is InChI=1S/C16H16F3N3O6/c17-16(18,19)9-20-15(26)21-12(23)8-28-14(25)7-22-10-3-1-2-4-11(10)27-6-5-13(22)24/h1-4H,5-9H2,(H2,20,21,23,26). The van der Waals surface area contributed by atoms with Crippen LogP contribution in [0.2, 0.25) is 0 Å². The van der Waals surface area contributed by atoms with Crippen molar-refractivity contribution < 1.29 is 41.8 Å². The fraction of sp³-hybridized carbons (Fsp3) is 0.375. The number of anilines is 1. The highest BCUT2D eigenvalue weighted by molar-refractivity contribution is 6.00. The molecule has 0 atom stereocenters. The second-order valence-electron chi connectivity index (χ2n) is 5.55. The van der Waals surface area contributed by atoms with Gasteiger partial charge in [0.25, 0.3) is 5.91 Å². The zero-order valence-corrected chi connectivity index (χ0v) is 14.4. The number of hydrogen-bond acceptors (Lipinski definition) is 6. The maximum Gasteiger partial charge on any atom is 0.405 e. The number of ether oxygens (including phenoxy) is 2. The van der Waals surface area contributed by atoms with Crippen LogP contribution in [0.1, 0.15) is 6.42 Å². The van der Waals surface area contributed by atoms with Crippen LogP contribution in [0.3, 0.4) is 0 Å². The molecule has 9 nitrogen and oxygen atoms in total. The average molecular weight is 403 g/mol. The van der Waals surface area contributed by atoms with Crippen LogP contribution in [0.25, 0.3) is 0 Å². The molecule has 0 unspecified atom stereocenters. The van der Waals surface area contributed by atoms with Crippen LogP contribution in [-0.2, 0) is 19.1 Å². The Hall–Kier alpha value is -3.31. The molecule has 0 fully saturated rings.